The van der Waals surface area contributed by atoms with Crippen molar-refractivity contribution in [1.82, 2.24) is 0 Å². The number of rotatable bonds is 1. The van der Waals surface area contributed by atoms with E-state index in [4.69, 9.17) is 0 Å². The quantitative estimate of drug-likeness (QED) is 0.522. The van der Waals surface area contributed by atoms with Gasteiger partial charge in [0.05, 0.1) is 0 Å². The smallest absolute Gasteiger partial charge is 0.0199 e. The Morgan fingerprint density at radius 3 is 1.59 bits per heavy atom. The molecule has 100 valence electrons. The summed E-state index contributed by atoms with van der Waals surface area (Å²) in [6.45, 7) is 16.6. The molecule has 1 aromatic rings. The van der Waals surface area contributed by atoms with Crippen molar-refractivity contribution in [2.75, 3.05) is 0 Å². The molecule has 0 atom stereocenters. The Bertz CT molecular complexity index is 302. The average Bonchev–Trinajstić information content (AvgIpc) is 2.34. The Morgan fingerprint density at radius 2 is 1.24 bits per heavy atom. The van der Waals surface area contributed by atoms with Gasteiger partial charge in [0.15, 0.2) is 0 Å². The zero-order chi connectivity index (χ0) is 13.1. The van der Waals surface area contributed by atoms with Crippen LogP contribution >= 0.6 is 0 Å². The molecule has 0 bridgehead atoms. The molecule has 17 heavy (non-hydrogen) atoms. The third-order valence-electron chi connectivity index (χ3n) is 2.30. The van der Waals surface area contributed by atoms with Gasteiger partial charge in [0.1, 0.15) is 0 Å². The summed E-state index contributed by atoms with van der Waals surface area (Å²) < 4.78 is 0. The van der Waals surface area contributed by atoms with Gasteiger partial charge in [0, 0.05) is 0 Å². The van der Waals surface area contributed by atoms with Crippen LogP contribution < -0.4 is 0 Å². The van der Waals surface area contributed by atoms with Gasteiger partial charge in [0.25, 0.3) is 0 Å². The van der Waals surface area contributed by atoms with E-state index in [1.165, 1.54) is 22.3 Å². The first-order valence-electron chi connectivity index (χ1n) is 6.33. The predicted octanol–water partition coefficient (Wildman–Crippen LogP) is 6.50. The van der Waals surface area contributed by atoms with Crippen LogP contribution in [0, 0.1) is 6.92 Å². The molecule has 1 rings (SSSR count). The minimum Gasteiger partial charge on any atom is -0.0776 e. The topological polar surface area (TPSA) is 0 Å². The molecule has 0 saturated carbocycles. The molecule has 0 spiro atoms. The highest BCUT2D eigenvalue weighted by Crippen LogP contribution is 2.20. The van der Waals surface area contributed by atoms with Crippen molar-refractivity contribution in [3.63, 3.8) is 0 Å². The highest BCUT2D eigenvalue weighted by Gasteiger charge is 1.99. The van der Waals surface area contributed by atoms with Crippen LogP contribution in [-0.2, 0) is 0 Å². The van der Waals surface area contributed by atoms with Gasteiger partial charge in [-0.1, -0.05) is 65.0 Å². The summed E-state index contributed by atoms with van der Waals surface area (Å²) in [5.74, 6) is 0. The predicted molar refractivity (Wildman–Crippen MR) is 84.5 cm³/mol. The van der Waals surface area contributed by atoms with Gasteiger partial charge in [-0.25, -0.2) is 0 Å². The number of allylic oxidation sites excluding steroid dienone is 2. The lowest BCUT2D eigenvalue weighted by Crippen LogP contribution is -1.86. The maximum absolute atomic E-state index is 2.18. The van der Waals surface area contributed by atoms with Gasteiger partial charge in [-0.05, 0) is 44.4 Å². The van der Waals surface area contributed by atoms with E-state index >= 15 is 0 Å². The molecule has 0 fully saturated rings. The van der Waals surface area contributed by atoms with E-state index in [0.717, 1.165) is 0 Å². The maximum atomic E-state index is 2.18. The second-order valence-electron chi connectivity index (χ2n) is 3.44. The van der Waals surface area contributed by atoms with Crippen LogP contribution in [0.2, 0.25) is 0 Å². The van der Waals surface area contributed by atoms with Crippen LogP contribution in [0.25, 0.3) is 5.57 Å². The molecule has 0 aliphatic heterocycles. The molecular formula is C17H32. The highest BCUT2D eigenvalue weighted by atomic mass is 14.0. The molecule has 0 aromatic heterocycles. The van der Waals surface area contributed by atoms with Crippen molar-refractivity contribution < 1.29 is 0 Å². The Morgan fingerprint density at radius 1 is 0.824 bits per heavy atom. The summed E-state index contributed by atoms with van der Waals surface area (Å²) in [5.41, 5.74) is 5.52. The van der Waals surface area contributed by atoms with Crippen molar-refractivity contribution in [3.8, 4) is 0 Å². The van der Waals surface area contributed by atoms with Crippen molar-refractivity contribution in [2.45, 2.75) is 62.8 Å². The maximum Gasteiger partial charge on any atom is -0.0199 e. The molecule has 0 saturated heterocycles. The molecule has 0 heteroatoms. The molecule has 1 aromatic carbocycles. The first-order valence-corrected chi connectivity index (χ1v) is 6.33. The van der Waals surface area contributed by atoms with E-state index in [2.05, 4.69) is 52.0 Å². The van der Waals surface area contributed by atoms with E-state index in [1.807, 2.05) is 27.7 Å². The second-order valence-corrected chi connectivity index (χ2v) is 3.44. The van der Waals surface area contributed by atoms with E-state index in [9.17, 15) is 0 Å². The Balaban J connectivity index is -0.000000355. The van der Waals surface area contributed by atoms with E-state index in [-0.39, 0.29) is 7.43 Å². The van der Waals surface area contributed by atoms with E-state index in [1.54, 1.807) is 0 Å². The summed E-state index contributed by atoms with van der Waals surface area (Å²) in [5, 5.41) is 0. The van der Waals surface area contributed by atoms with Crippen molar-refractivity contribution in [2.24, 2.45) is 0 Å². The summed E-state index contributed by atoms with van der Waals surface area (Å²) in [6.07, 6.45) is 0. The first-order chi connectivity index (χ1) is 7.63. The molecular weight excluding hydrogens is 204 g/mol. The van der Waals surface area contributed by atoms with Crippen molar-refractivity contribution in [3.05, 3.63) is 41.0 Å². The van der Waals surface area contributed by atoms with Gasteiger partial charge >= 0.3 is 0 Å². The molecule has 0 N–H and O–H groups in total. The summed E-state index contributed by atoms with van der Waals surface area (Å²) in [7, 11) is 0. The van der Waals surface area contributed by atoms with E-state index < -0.39 is 0 Å². The third-order valence-corrected chi connectivity index (χ3v) is 2.30. The fourth-order valence-electron chi connectivity index (χ4n) is 1.26. The number of aryl methyl sites for hydroxylation is 1. The van der Waals surface area contributed by atoms with Crippen LogP contribution in [0.5, 0.6) is 0 Å². The number of hydrogen-bond acceptors (Lipinski definition) is 0. The SMILES string of the molecule is C.CC.CC.CC(C)=C(C)c1ccccc1C. The number of hydrogen-bond donors (Lipinski definition) is 0. The standard InChI is InChI=1S/C12H16.2C2H6.CH4/c1-9(2)11(4)12-8-6-5-7-10(12)3;2*1-2;/h5-8H,1-4H3;2*1-2H3;1H4. The largest absolute Gasteiger partial charge is 0.0776 e. The lowest BCUT2D eigenvalue weighted by Gasteiger charge is -2.07. The van der Waals surface area contributed by atoms with Gasteiger partial charge < -0.3 is 0 Å². The number of benzene rings is 1. The zero-order valence-electron chi connectivity index (χ0n) is 12.3. The van der Waals surface area contributed by atoms with Crippen LogP contribution in [0.3, 0.4) is 0 Å². The summed E-state index contributed by atoms with van der Waals surface area (Å²) in [4.78, 5) is 0. The molecule has 0 radical (unpaired) electrons. The monoisotopic (exact) mass is 236 g/mol. The highest BCUT2D eigenvalue weighted by molar-refractivity contribution is 5.68. The van der Waals surface area contributed by atoms with Crippen molar-refractivity contribution in [1.29, 1.82) is 0 Å². The van der Waals surface area contributed by atoms with Crippen LogP contribution in [0.15, 0.2) is 29.8 Å². The third kappa shape index (κ3) is 7.79. The average molecular weight is 236 g/mol. The van der Waals surface area contributed by atoms with Gasteiger partial charge in [-0.3, -0.25) is 0 Å². The molecule has 0 aliphatic rings. The zero-order valence-corrected chi connectivity index (χ0v) is 12.3. The molecule has 0 amide bonds. The lowest BCUT2D eigenvalue weighted by molar-refractivity contribution is 1.33. The fourth-order valence-corrected chi connectivity index (χ4v) is 1.26. The van der Waals surface area contributed by atoms with Gasteiger partial charge in [-0.15, -0.1) is 0 Å². The normalized spacial score (nSPS) is 7.53. The van der Waals surface area contributed by atoms with E-state index in [0.29, 0.717) is 0 Å². The fraction of sp³-hybridized carbons (Fsp3) is 0.529. The Hall–Kier alpha value is -1.04. The Kier molecular flexibility index (Phi) is 16.3. The second kappa shape index (κ2) is 13.0. The van der Waals surface area contributed by atoms with Crippen LogP contribution in [0.1, 0.15) is 67.0 Å². The van der Waals surface area contributed by atoms with Gasteiger partial charge in [0.2, 0.25) is 0 Å². The minimum absolute atomic E-state index is 0. The van der Waals surface area contributed by atoms with Gasteiger partial charge in [-0.2, -0.15) is 0 Å². The molecule has 0 unspecified atom stereocenters. The molecule has 0 nitrogen and oxygen atoms in total. The lowest BCUT2D eigenvalue weighted by atomic mass is 9.99. The first kappa shape index (κ1) is 21.3. The summed E-state index contributed by atoms with van der Waals surface area (Å²) >= 11 is 0. The summed E-state index contributed by atoms with van der Waals surface area (Å²) in [6, 6.07) is 8.51. The van der Waals surface area contributed by atoms with Crippen LogP contribution in [-0.4, -0.2) is 0 Å². The minimum atomic E-state index is 0. The van der Waals surface area contributed by atoms with Crippen LogP contribution in [0.4, 0.5) is 0 Å². The Labute approximate surface area is 110 Å². The van der Waals surface area contributed by atoms with Crippen molar-refractivity contribution >= 4 is 5.57 Å². The molecule has 0 heterocycles. The molecule has 0 aliphatic carbocycles.